The summed E-state index contributed by atoms with van der Waals surface area (Å²) in [6.45, 7) is 4.99. The van der Waals surface area contributed by atoms with E-state index >= 15 is 0 Å². The summed E-state index contributed by atoms with van der Waals surface area (Å²) in [7, 11) is 1.72. The molecule has 1 aromatic heterocycles. The van der Waals surface area contributed by atoms with Gasteiger partial charge in [-0.3, -0.25) is 0 Å². The van der Waals surface area contributed by atoms with Crippen molar-refractivity contribution >= 4 is 17.7 Å². The molecular weight excluding hydrogens is 234 g/mol. The number of nitrogens with one attached hydrogen (secondary N) is 1. The Morgan fingerprint density at radius 2 is 2.35 bits per heavy atom. The molecule has 0 saturated carbocycles. The molecule has 0 spiro atoms. The third kappa shape index (κ3) is 4.24. The molecule has 1 aromatic rings. The lowest BCUT2D eigenvalue weighted by molar-refractivity contribution is 0.190. The predicted octanol–water partition coefficient (Wildman–Crippen LogP) is 2.64. The van der Waals surface area contributed by atoms with Gasteiger partial charge in [0.25, 0.3) is 0 Å². The van der Waals surface area contributed by atoms with Crippen LogP contribution < -0.4 is 5.32 Å². The van der Waals surface area contributed by atoms with E-state index in [2.05, 4.69) is 35.0 Å². The molecule has 5 heteroatoms. The second kappa shape index (κ2) is 7.61. The van der Waals surface area contributed by atoms with Crippen molar-refractivity contribution in [3.8, 4) is 0 Å². The monoisotopic (exact) mass is 257 g/mol. The van der Waals surface area contributed by atoms with Crippen molar-refractivity contribution in [1.29, 1.82) is 0 Å². The van der Waals surface area contributed by atoms with Crippen LogP contribution in [0.2, 0.25) is 0 Å². The van der Waals surface area contributed by atoms with Crippen LogP contribution in [-0.2, 0) is 4.74 Å². The summed E-state index contributed by atoms with van der Waals surface area (Å²) in [5.74, 6) is 2.05. The number of ether oxygens (including phenoxy) is 1. The molecule has 2 atom stereocenters. The van der Waals surface area contributed by atoms with Gasteiger partial charge in [-0.25, -0.2) is 4.98 Å². The number of nitrogens with zero attached hydrogens (tertiary/aromatic N) is 2. The third-order valence-electron chi connectivity index (χ3n) is 2.68. The van der Waals surface area contributed by atoms with Crippen LogP contribution in [0, 0.1) is 0 Å². The Balaban J connectivity index is 2.70. The topological polar surface area (TPSA) is 39.1 Å². The minimum atomic E-state index is 0.271. The first-order chi connectivity index (χ1) is 8.22. The van der Waals surface area contributed by atoms with Crippen LogP contribution in [-0.4, -0.2) is 41.3 Å². The minimum absolute atomic E-state index is 0.271. The fourth-order valence-electron chi connectivity index (χ4n) is 1.82. The molecule has 0 aliphatic heterocycles. The highest BCUT2D eigenvalue weighted by Gasteiger charge is 2.13. The quantitative estimate of drug-likeness (QED) is 0.777. The first-order valence-electron chi connectivity index (χ1n) is 6.00. The summed E-state index contributed by atoms with van der Waals surface area (Å²) in [4.78, 5) is 4.38. The standard InChI is InChI=1S/C12H23N3OS/c1-5-11(9-17-4)15-7-6-13-12(15)14-10(2)8-16-3/h6-7,10-11H,5,8-9H2,1-4H3,(H,13,14). The minimum Gasteiger partial charge on any atom is -0.383 e. The van der Waals surface area contributed by atoms with E-state index in [9.17, 15) is 0 Å². The van der Waals surface area contributed by atoms with Gasteiger partial charge in [-0.1, -0.05) is 6.92 Å². The van der Waals surface area contributed by atoms with E-state index in [4.69, 9.17) is 4.74 Å². The van der Waals surface area contributed by atoms with Gasteiger partial charge in [0.2, 0.25) is 5.95 Å². The largest absolute Gasteiger partial charge is 0.383 e. The van der Waals surface area contributed by atoms with Gasteiger partial charge in [0, 0.05) is 37.3 Å². The van der Waals surface area contributed by atoms with Crippen molar-refractivity contribution in [2.24, 2.45) is 0 Å². The molecule has 0 aromatic carbocycles. The van der Waals surface area contributed by atoms with Crippen LogP contribution in [0.15, 0.2) is 12.4 Å². The Kier molecular flexibility index (Phi) is 6.44. The summed E-state index contributed by atoms with van der Waals surface area (Å²) in [6.07, 6.45) is 7.15. The lowest BCUT2D eigenvalue weighted by Gasteiger charge is -2.21. The van der Waals surface area contributed by atoms with E-state index in [0.717, 1.165) is 18.1 Å². The number of rotatable bonds is 8. The van der Waals surface area contributed by atoms with Gasteiger partial charge < -0.3 is 14.6 Å². The van der Waals surface area contributed by atoms with Crippen LogP contribution in [0.1, 0.15) is 26.3 Å². The molecule has 0 saturated heterocycles. The van der Waals surface area contributed by atoms with Crippen molar-refractivity contribution < 1.29 is 4.74 Å². The Morgan fingerprint density at radius 3 is 2.94 bits per heavy atom. The van der Waals surface area contributed by atoms with E-state index in [1.807, 2.05) is 24.2 Å². The SMILES string of the molecule is CCC(CSC)n1ccnc1NC(C)COC. The number of methoxy groups -OCH3 is 1. The summed E-state index contributed by atoms with van der Waals surface area (Å²) in [6, 6.07) is 0.776. The summed E-state index contributed by atoms with van der Waals surface area (Å²) < 4.78 is 7.35. The maximum absolute atomic E-state index is 5.12. The zero-order chi connectivity index (χ0) is 12.7. The van der Waals surface area contributed by atoms with Crippen LogP contribution in [0.5, 0.6) is 0 Å². The summed E-state index contributed by atoms with van der Waals surface area (Å²) >= 11 is 1.87. The van der Waals surface area contributed by atoms with Crippen molar-refractivity contribution in [2.45, 2.75) is 32.4 Å². The fourth-order valence-corrected chi connectivity index (χ4v) is 2.60. The molecule has 1 rings (SSSR count). The third-order valence-corrected chi connectivity index (χ3v) is 3.40. The highest BCUT2D eigenvalue weighted by atomic mass is 32.2. The van der Waals surface area contributed by atoms with E-state index in [-0.39, 0.29) is 6.04 Å². The molecule has 1 heterocycles. The molecule has 0 radical (unpaired) electrons. The van der Waals surface area contributed by atoms with Gasteiger partial charge >= 0.3 is 0 Å². The van der Waals surface area contributed by atoms with Gasteiger partial charge in [0.1, 0.15) is 0 Å². The van der Waals surface area contributed by atoms with Gasteiger partial charge in [-0.2, -0.15) is 11.8 Å². The second-order valence-electron chi connectivity index (χ2n) is 4.18. The first kappa shape index (κ1) is 14.4. The normalized spacial score (nSPS) is 14.6. The molecule has 2 unspecified atom stereocenters. The number of hydrogen-bond donors (Lipinski definition) is 1. The number of imidazole rings is 1. The zero-order valence-corrected chi connectivity index (χ0v) is 12.0. The highest BCUT2D eigenvalue weighted by molar-refractivity contribution is 7.98. The average molecular weight is 257 g/mol. The van der Waals surface area contributed by atoms with Gasteiger partial charge in [0.15, 0.2) is 0 Å². The predicted molar refractivity (Wildman–Crippen MR) is 74.9 cm³/mol. The fraction of sp³-hybridized carbons (Fsp3) is 0.750. The molecule has 0 amide bonds. The van der Waals surface area contributed by atoms with Gasteiger partial charge in [0.05, 0.1) is 6.61 Å². The molecule has 17 heavy (non-hydrogen) atoms. The van der Waals surface area contributed by atoms with Gasteiger partial charge in [-0.05, 0) is 19.6 Å². The van der Waals surface area contributed by atoms with E-state index in [1.165, 1.54) is 0 Å². The van der Waals surface area contributed by atoms with Crippen molar-refractivity contribution in [3.05, 3.63) is 12.4 Å². The highest BCUT2D eigenvalue weighted by Crippen LogP contribution is 2.21. The van der Waals surface area contributed by atoms with Crippen LogP contribution in [0.4, 0.5) is 5.95 Å². The molecule has 0 aliphatic rings. The lowest BCUT2D eigenvalue weighted by Crippen LogP contribution is -2.24. The number of anilines is 1. The van der Waals surface area contributed by atoms with Crippen LogP contribution in [0.25, 0.3) is 0 Å². The summed E-state index contributed by atoms with van der Waals surface area (Å²) in [5, 5.41) is 3.38. The molecule has 0 fully saturated rings. The van der Waals surface area contributed by atoms with Crippen molar-refractivity contribution in [2.75, 3.05) is 31.0 Å². The molecule has 98 valence electrons. The first-order valence-corrected chi connectivity index (χ1v) is 7.39. The maximum Gasteiger partial charge on any atom is 0.203 e. The van der Waals surface area contributed by atoms with E-state index in [0.29, 0.717) is 12.6 Å². The number of hydrogen-bond acceptors (Lipinski definition) is 4. The smallest absolute Gasteiger partial charge is 0.203 e. The van der Waals surface area contributed by atoms with Crippen LogP contribution in [0.3, 0.4) is 0 Å². The van der Waals surface area contributed by atoms with E-state index in [1.54, 1.807) is 7.11 Å². The average Bonchev–Trinajstić information content (AvgIpc) is 2.74. The van der Waals surface area contributed by atoms with Gasteiger partial charge in [-0.15, -0.1) is 0 Å². The molecule has 0 aliphatic carbocycles. The molecule has 0 bridgehead atoms. The Bertz CT molecular complexity index is 316. The zero-order valence-electron chi connectivity index (χ0n) is 11.1. The maximum atomic E-state index is 5.12. The molecular formula is C12H23N3OS. The van der Waals surface area contributed by atoms with Crippen molar-refractivity contribution in [3.63, 3.8) is 0 Å². The number of aromatic nitrogens is 2. The Morgan fingerprint density at radius 1 is 1.59 bits per heavy atom. The number of thioether (sulfide) groups is 1. The Labute approximate surface area is 108 Å². The van der Waals surface area contributed by atoms with Crippen molar-refractivity contribution in [1.82, 2.24) is 9.55 Å². The second-order valence-corrected chi connectivity index (χ2v) is 5.09. The Hall–Kier alpha value is -0.680. The summed E-state index contributed by atoms with van der Waals surface area (Å²) in [5.41, 5.74) is 0. The van der Waals surface area contributed by atoms with Crippen LogP contribution >= 0.6 is 11.8 Å². The van der Waals surface area contributed by atoms with E-state index < -0.39 is 0 Å². The molecule has 4 nitrogen and oxygen atoms in total. The molecule has 1 N–H and O–H groups in total. The lowest BCUT2D eigenvalue weighted by atomic mass is 10.2.